The van der Waals surface area contributed by atoms with Crippen LogP contribution in [-0.2, 0) is 21.4 Å². The van der Waals surface area contributed by atoms with Crippen LogP contribution in [0.4, 0.5) is 0 Å². The van der Waals surface area contributed by atoms with Crippen LogP contribution in [0.5, 0.6) is 17.2 Å². The first-order chi connectivity index (χ1) is 13.4. The van der Waals surface area contributed by atoms with Gasteiger partial charge in [0.05, 0.1) is 46.8 Å². The zero-order chi connectivity index (χ0) is 20.3. The summed E-state index contributed by atoms with van der Waals surface area (Å²) >= 11 is 0. The van der Waals surface area contributed by atoms with Crippen LogP contribution in [-0.4, -0.2) is 53.7 Å². The first-order valence-electron chi connectivity index (χ1n) is 8.57. The number of rotatable bonds is 8. The number of hydroxylamine groups is 2. The predicted molar refractivity (Wildman–Crippen MR) is 101 cm³/mol. The van der Waals surface area contributed by atoms with Crippen LogP contribution < -0.4 is 18.9 Å². The van der Waals surface area contributed by atoms with E-state index in [1.165, 1.54) is 32.7 Å². The van der Waals surface area contributed by atoms with E-state index in [1.54, 1.807) is 31.3 Å². The second-order valence-electron chi connectivity index (χ2n) is 6.23. The fourth-order valence-electron chi connectivity index (χ4n) is 3.24. The first kappa shape index (κ1) is 20.5. The molecular weight excluding hydrogens is 388 g/mol. The van der Waals surface area contributed by atoms with Crippen LogP contribution in [0, 0.1) is 0 Å². The molecule has 1 aliphatic heterocycles. The third-order valence-corrected chi connectivity index (χ3v) is 6.38. The van der Waals surface area contributed by atoms with Crippen molar-refractivity contribution in [2.24, 2.45) is 0 Å². The zero-order valence-corrected chi connectivity index (χ0v) is 17.0. The van der Waals surface area contributed by atoms with Crippen molar-refractivity contribution in [2.45, 2.75) is 17.8 Å². The van der Waals surface area contributed by atoms with Crippen LogP contribution in [0.2, 0.25) is 0 Å². The van der Waals surface area contributed by atoms with Crippen molar-refractivity contribution in [1.29, 1.82) is 0 Å². The maximum absolute atomic E-state index is 12.9. The quantitative estimate of drug-likeness (QED) is 0.700. The lowest BCUT2D eigenvalue weighted by atomic mass is 10.0. The van der Waals surface area contributed by atoms with Crippen molar-refractivity contribution < 1.29 is 31.9 Å². The topological polar surface area (TPSA) is 99.5 Å². The Hall–Kier alpha value is -2.27. The van der Waals surface area contributed by atoms with E-state index in [0.29, 0.717) is 28.6 Å². The standard InChI is InChI=1S/C18H24N2O7S/c1-20-17(12-8-14(23-2)18(25-4)15(9-12)24-3)16(11-27-20)28(21,22)19-10-13-6-5-7-26-13/h5-9,16-17,19H,10-11H2,1-4H3. The number of methoxy groups -OCH3 is 3. The van der Waals surface area contributed by atoms with Gasteiger partial charge in [-0.2, -0.15) is 5.06 Å². The molecule has 0 saturated carbocycles. The molecule has 154 valence electrons. The number of furan rings is 1. The predicted octanol–water partition coefficient (Wildman–Crippen LogP) is 1.71. The third-order valence-electron chi connectivity index (χ3n) is 4.64. The highest BCUT2D eigenvalue weighted by Crippen LogP contribution is 2.43. The minimum atomic E-state index is -3.71. The molecule has 1 aromatic heterocycles. The van der Waals surface area contributed by atoms with Crippen LogP contribution in [0.15, 0.2) is 34.9 Å². The Morgan fingerprint density at radius 3 is 2.39 bits per heavy atom. The van der Waals surface area contributed by atoms with Crippen molar-refractivity contribution >= 4 is 10.0 Å². The monoisotopic (exact) mass is 412 g/mol. The molecule has 28 heavy (non-hydrogen) atoms. The molecule has 0 spiro atoms. The van der Waals surface area contributed by atoms with Gasteiger partial charge in [-0.15, -0.1) is 0 Å². The molecule has 0 bridgehead atoms. The van der Waals surface area contributed by atoms with E-state index in [4.69, 9.17) is 23.5 Å². The molecule has 1 fully saturated rings. The average molecular weight is 412 g/mol. The second-order valence-corrected chi connectivity index (χ2v) is 8.21. The van der Waals surface area contributed by atoms with Gasteiger partial charge in [0, 0.05) is 7.05 Å². The number of hydrogen-bond acceptors (Lipinski definition) is 8. The summed E-state index contributed by atoms with van der Waals surface area (Å²) in [7, 11) is 2.51. The molecule has 0 radical (unpaired) electrons. The number of hydrogen-bond donors (Lipinski definition) is 1. The summed E-state index contributed by atoms with van der Waals surface area (Å²) in [6, 6.07) is 6.30. The fraction of sp³-hybridized carbons (Fsp3) is 0.444. The molecule has 9 nitrogen and oxygen atoms in total. The number of nitrogens with zero attached hydrogens (tertiary/aromatic N) is 1. The Bertz CT molecular complexity index is 874. The average Bonchev–Trinajstić information content (AvgIpc) is 3.35. The lowest BCUT2D eigenvalue weighted by molar-refractivity contribution is -0.110. The molecule has 2 aromatic rings. The Labute approximate surface area is 164 Å². The highest BCUT2D eigenvalue weighted by molar-refractivity contribution is 7.90. The van der Waals surface area contributed by atoms with E-state index in [2.05, 4.69) is 4.72 Å². The van der Waals surface area contributed by atoms with Crippen molar-refractivity contribution in [2.75, 3.05) is 35.0 Å². The molecule has 1 saturated heterocycles. The second kappa shape index (κ2) is 8.39. The van der Waals surface area contributed by atoms with E-state index in [-0.39, 0.29) is 13.2 Å². The summed E-state index contributed by atoms with van der Waals surface area (Å²) in [5.74, 6) is 1.85. The molecule has 2 atom stereocenters. The smallest absolute Gasteiger partial charge is 0.219 e. The molecule has 1 aromatic carbocycles. The minimum Gasteiger partial charge on any atom is -0.493 e. The summed E-state index contributed by atoms with van der Waals surface area (Å²) in [4.78, 5) is 5.54. The summed E-state index contributed by atoms with van der Waals surface area (Å²) in [5, 5.41) is 0.688. The van der Waals surface area contributed by atoms with Gasteiger partial charge in [-0.1, -0.05) is 0 Å². The van der Waals surface area contributed by atoms with Gasteiger partial charge in [0.1, 0.15) is 11.0 Å². The zero-order valence-electron chi connectivity index (χ0n) is 16.2. The maximum atomic E-state index is 12.9. The normalized spacial score (nSPS) is 20.3. The Morgan fingerprint density at radius 1 is 1.18 bits per heavy atom. The highest BCUT2D eigenvalue weighted by atomic mass is 32.2. The van der Waals surface area contributed by atoms with Crippen molar-refractivity contribution in [3.63, 3.8) is 0 Å². The molecule has 0 aliphatic carbocycles. The Balaban J connectivity index is 1.92. The van der Waals surface area contributed by atoms with Crippen molar-refractivity contribution in [3.8, 4) is 17.2 Å². The SMILES string of the molecule is COc1cc(C2C(S(=O)(=O)NCc3ccco3)CON2C)cc(OC)c1OC. The number of benzene rings is 1. The molecule has 1 aliphatic rings. The van der Waals surface area contributed by atoms with Crippen LogP contribution in [0.25, 0.3) is 0 Å². The van der Waals surface area contributed by atoms with Gasteiger partial charge in [0.15, 0.2) is 11.5 Å². The van der Waals surface area contributed by atoms with E-state index in [0.717, 1.165) is 0 Å². The first-order valence-corrected chi connectivity index (χ1v) is 10.1. The van der Waals surface area contributed by atoms with E-state index in [9.17, 15) is 8.42 Å². The highest BCUT2D eigenvalue weighted by Gasteiger charge is 2.43. The van der Waals surface area contributed by atoms with E-state index >= 15 is 0 Å². The summed E-state index contributed by atoms with van der Waals surface area (Å²) in [6.45, 7) is 0.0861. The molecule has 2 unspecified atom stereocenters. The van der Waals surface area contributed by atoms with Gasteiger partial charge >= 0.3 is 0 Å². The van der Waals surface area contributed by atoms with Gasteiger partial charge < -0.3 is 18.6 Å². The van der Waals surface area contributed by atoms with Gasteiger partial charge in [0.2, 0.25) is 15.8 Å². The third kappa shape index (κ3) is 3.95. The van der Waals surface area contributed by atoms with Crippen molar-refractivity contribution in [3.05, 3.63) is 41.9 Å². The number of ether oxygens (including phenoxy) is 3. The number of nitrogens with one attached hydrogen (secondary N) is 1. The molecule has 10 heteroatoms. The molecule has 3 rings (SSSR count). The lowest BCUT2D eigenvalue weighted by Gasteiger charge is -2.24. The maximum Gasteiger partial charge on any atom is 0.219 e. The Kier molecular flexibility index (Phi) is 6.14. The van der Waals surface area contributed by atoms with E-state index < -0.39 is 21.3 Å². The summed E-state index contributed by atoms with van der Waals surface area (Å²) in [5.41, 5.74) is 0.669. The van der Waals surface area contributed by atoms with Crippen LogP contribution in [0.1, 0.15) is 17.4 Å². The summed E-state index contributed by atoms with van der Waals surface area (Å²) < 4.78 is 49.8. The van der Waals surface area contributed by atoms with Gasteiger partial charge in [-0.05, 0) is 29.8 Å². The van der Waals surface area contributed by atoms with Crippen molar-refractivity contribution in [1.82, 2.24) is 9.79 Å². The largest absolute Gasteiger partial charge is 0.493 e. The summed E-state index contributed by atoms with van der Waals surface area (Å²) in [6.07, 6.45) is 1.49. The van der Waals surface area contributed by atoms with Gasteiger partial charge in [-0.25, -0.2) is 13.1 Å². The molecular formula is C18H24N2O7S. The minimum absolute atomic E-state index is 0.0192. The number of sulfonamides is 1. The van der Waals surface area contributed by atoms with Gasteiger partial charge in [-0.3, -0.25) is 4.84 Å². The van der Waals surface area contributed by atoms with Crippen LogP contribution >= 0.6 is 0 Å². The molecule has 0 amide bonds. The van der Waals surface area contributed by atoms with Crippen LogP contribution in [0.3, 0.4) is 0 Å². The van der Waals surface area contributed by atoms with E-state index in [1.807, 2.05) is 0 Å². The Morgan fingerprint density at radius 2 is 1.86 bits per heavy atom. The molecule has 1 N–H and O–H groups in total. The lowest BCUT2D eigenvalue weighted by Crippen LogP contribution is -2.39. The fourth-order valence-corrected chi connectivity index (χ4v) is 4.71. The van der Waals surface area contributed by atoms with Gasteiger partial charge in [0.25, 0.3) is 0 Å². The molecule has 2 heterocycles.